The summed E-state index contributed by atoms with van der Waals surface area (Å²) >= 11 is 0. The van der Waals surface area contributed by atoms with Crippen LogP contribution in [-0.4, -0.2) is 70.6 Å². The summed E-state index contributed by atoms with van der Waals surface area (Å²) in [7, 11) is 0. The van der Waals surface area contributed by atoms with Gasteiger partial charge in [-0.2, -0.15) is 0 Å². The number of imidazole rings is 1. The van der Waals surface area contributed by atoms with Gasteiger partial charge in [0.25, 0.3) is 5.91 Å². The molecular formula is C22H30N10O3. The van der Waals surface area contributed by atoms with Gasteiger partial charge in [0.1, 0.15) is 29.6 Å². The lowest BCUT2D eigenvalue weighted by atomic mass is 10.1. The highest BCUT2D eigenvalue weighted by Gasteiger charge is 2.41. The fraction of sp³-hybridized carbons (Fsp3) is 0.500. The number of anilines is 1. The third-order valence-corrected chi connectivity index (χ3v) is 5.60. The minimum Gasteiger partial charge on any atom is -0.444 e. The summed E-state index contributed by atoms with van der Waals surface area (Å²) in [6.45, 7) is 9.99. The lowest BCUT2D eigenvalue weighted by Crippen LogP contribution is -2.49. The monoisotopic (exact) mass is 482 g/mol. The van der Waals surface area contributed by atoms with Crippen LogP contribution in [0.25, 0.3) is 22.6 Å². The summed E-state index contributed by atoms with van der Waals surface area (Å²) in [6, 6.07) is -1.07. The smallest absolute Gasteiger partial charge is 0.411 e. The van der Waals surface area contributed by atoms with E-state index in [0.717, 1.165) is 5.56 Å². The van der Waals surface area contributed by atoms with Crippen LogP contribution in [0.2, 0.25) is 0 Å². The molecule has 13 heteroatoms. The fourth-order valence-electron chi connectivity index (χ4n) is 4.07. The van der Waals surface area contributed by atoms with Crippen molar-refractivity contribution in [1.29, 1.82) is 0 Å². The average Bonchev–Trinajstić information content (AvgIpc) is 3.40. The first kappa shape index (κ1) is 24.3. The molecule has 0 bridgehead atoms. The first-order valence-corrected chi connectivity index (χ1v) is 11.4. The molecule has 1 aliphatic rings. The van der Waals surface area contributed by atoms with E-state index in [2.05, 4.69) is 30.7 Å². The molecule has 0 aliphatic carbocycles. The number of fused-ring (bicyclic) bond motifs is 1. The molecule has 2 amide bonds. The van der Waals surface area contributed by atoms with Crippen molar-refractivity contribution in [2.24, 2.45) is 5.84 Å². The molecule has 3 aromatic rings. The molecule has 4 heterocycles. The van der Waals surface area contributed by atoms with E-state index in [-0.39, 0.29) is 12.6 Å². The lowest BCUT2D eigenvalue weighted by Gasteiger charge is -2.27. The zero-order valence-electron chi connectivity index (χ0n) is 20.4. The molecular weight excluding hydrogens is 452 g/mol. The van der Waals surface area contributed by atoms with Gasteiger partial charge in [0.15, 0.2) is 17.0 Å². The Labute approximate surface area is 202 Å². The summed E-state index contributed by atoms with van der Waals surface area (Å²) < 4.78 is 7.45. The Morgan fingerprint density at radius 2 is 1.91 bits per heavy atom. The molecule has 0 aromatic carbocycles. The summed E-state index contributed by atoms with van der Waals surface area (Å²) in [5.74, 6) is 6.75. The van der Waals surface area contributed by atoms with Gasteiger partial charge in [-0.05, 0) is 41.0 Å². The zero-order chi connectivity index (χ0) is 25.3. The van der Waals surface area contributed by atoms with Gasteiger partial charge >= 0.3 is 6.09 Å². The Bertz CT molecular complexity index is 1230. The average molecular weight is 483 g/mol. The largest absolute Gasteiger partial charge is 0.444 e. The first-order chi connectivity index (χ1) is 16.6. The molecule has 2 atom stereocenters. The van der Waals surface area contributed by atoms with Crippen LogP contribution >= 0.6 is 0 Å². The molecule has 35 heavy (non-hydrogen) atoms. The Morgan fingerprint density at radius 1 is 1.20 bits per heavy atom. The molecule has 3 aromatic heterocycles. The number of rotatable bonds is 5. The molecule has 1 aliphatic heterocycles. The van der Waals surface area contributed by atoms with Crippen molar-refractivity contribution in [3.05, 3.63) is 24.5 Å². The number of hydrogen-bond donors (Lipinski definition) is 3. The summed E-state index contributed by atoms with van der Waals surface area (Å²) in [4.78, 5) is 48.7. The number of ether oxygens (including phenoxy) is 1. The maximum Gasteiger partial charge on any atom is 0.411 e. The normalized spacial score (nSPS) is 18.1. The third-order valence-electron chi connectivity index (χ3n) is 5.60. The topological polar surface area (TPSA) is 166 Å². The van der Waals surface area contributed by atoms with Gasteiger partial charge in [0, 0.05) is 31.5 Å². The van der Waals surface area contributed by atoms with Crippen molar-refractivity contribution in [3.63, 3.8) is 0 Å². The van der Waals surface area contributed by atoms with Crippen molar-refractivity contribution in [3.8, 4) is 11.4 Å². The van der Waals surface area contributed by atoms with E-state index in [9.17, 15) is 9.59 Å². The molecule has 0 unspecified atom stereocenters. The first-order valence-electron chi connectivity index (χ1n) is 11.4. The van der Waals surface area contributed by atoms with E-state index >= 15 is 0 Å². The minimum absolute atomic E-state index is 0.228. The number of aryl methyl sites for hydroxylation is 2. The van der Waals surface area contributed by atoms with Crippen LogP contribution in [0.3, 0.4) is 0 Å². The van der Waals surface area contributed by atoms with E-state index in [1.165, 1.54) is 11.2 Å². The van der Waals surface area contributed by atoms with Crippen LogP contribution in [-0.2, 0) is 16.1 Å². The number of carbonyl (C=O) groups is 2. The molecule has 13 nitrogen and oxygen atoms in total. The lowest BCUT2D eigenvalue weighted by molar-refractivity contribution is -0.125. The predicted octanol–water partition coefficient (Wildman–Crippen LogP) is 1.39. The second-order valence-electron chi connectivity index (χ2n) is 9.33. The molecule has 1 fully saturated rings. The van der Waals surface area contributed by atoms with Crippen LogP contribution in [0.5, 0.6) is 0 Å². The molecule has 0 spiro atoms. The number of aromatic nitrogens is 6. The molecule has 4 N–H and O–H groups in total. The van der Waals surface area contributed by atoms with Gasteiger partial charge < -0.3 is 14.6 Å². The van der Waals surface area contributed by atoms with Crippen molar-refractivity contribution in [1.82, 2.24) is 39.8 Å². The van der Waals surface area contributed by atoms with Gasteiger partial charge in [-0.25, -0.2) is 35.6 Å². The Hall–Kier alpha value is -3.87. The number of hydrazine groups is 1. The quantitative estimate of drug-likeness (QED) is 0.275. The summed E-state index contributed by atoms with van der Waals surface area (Å²) in [5, 5.41) is 3.34. The van der Waals surface area contributed by atoms with Gasteiger partial charge in [-0.3, -0.25) is 15.1 Å². The SMILES string of the molecule is CCn1c(-c2cnc(C)nc2)nc2c(N[C@H]3C[C@H](C(=O)NN)N(C(=O)OC(C)(C)C)C3)ncnc21. The van der Waals surface area contributed by atoms with Gasteiger partial charge in [-0.15, -0.1) is 0 Å². The van der Waals surface area contributed by atoms with Crippen LogP contribution in [0.15, 0.2) is 18.7 Å². The number of nitrogens with zero attached hydrogens (tertiary/aromatic N) is 7. The van der Waals surface area contributed by atoms with E-state index in [4.69, 9.17) is 15.6 Å². The molecule has 4 rings (SSSR count). The van der Waals surface area contributed by atoms with E-state index in [1.54, 1.807) is 33.2 Å². The molecule has 0 radical (unpaired) electrons. The number of nitrogens with one attached hydrogen (secondary N) is 2. The summed E-state index contributed by atoms with van der Waals surface area (Å²) in [5.41, 5.74) is 3.42. The van der Waals surface area contributed by atoms with Crippen LogP contribution in [0.1, 0.15) is 39.9 Å². The van der Waals surface area contributed by atoms with Crippen molar-refractivity contribution in [2.45, 2.75) is 65.3 Å². The van der Waals surface area contributed by atoms with E-state index in [0.29, 0.717) is 41.6 Å². The second kappa shape index (κ2) is 9.41. The van der Waals surface area contributed by atoms with Crippen LogP contribution in [0.4, 0.5) is 10.6 Å². The van der Waals surface area contributed by atoms with Crippen LogP contribution < -0.4 is 16.6 Å². The molecule has 186 valence electrons. The van der Waals surface area contributed by atoms with Crippen molar-refractivity contribution >= 4 is 29.0 Å². The Morgan fingerprint density at radius 3 is 2.54 bits per heavy atom. The number of likely N-dealkylation sites (tertiary alicyclic amines) is 1. The molecule has 1 saturated heterocycles. The highest BCUT2D eigenvalue weighted by atomic mass is 16.6. The van der Waals surface area contributed by atoms with E-state index in [1.807, 2.05) is 18.4 Å². The summed E-state index contributed by atoms with van der Waals surface area (Å²) in [6.07, 6.45) is 4.64. The maximum atomic E-state index is 12.8. The van der Waals surface area contributed by atoms with Crippen molar-refractivity contribution in [2.75, 3.05) is 11.9 Å². The third kappa shape index (κ3) is 4.99. The van der Waals surface area contributed by atoms with Gasteiger partial charge in [0.05, 0.1) is 5.56 Å². The highest BCUT2D eigenvalue weighted by molar-refractivity contribution is 5.88. The fourth-order valence-corrected chi connectivity index (χ4v) is 4.07. The zero-order valence-corrected chi connectivity index (χ0v) is 20.4. The number of hydrogen-bond acceptors (Lipinski definition) is 10. The second-order valence-corrected chi connectivity index (χ2v) is 9.33. The van der Waals surface area contributed by atoms with Crippen LogP contribution in [0, 0.1) is 6.92 Å². The number of nitrogens with two attached hydrogens (primary N) is 1. The van der Waals surface area contributed by atoms with E-state index < -0.39 is 23.6 Å². The Balaban J connectivity index is 1.64. The standard InChI is InChI=1S/C22H30N10O3/c1-6-31-18(13-8-24-12(2)25-9-13)29-16-17(26-11-27-19(16)31)28-14-7-15(20(33)30-23)32(10-14)21(34)35-22(3,4)5/h8-9,11,14-15H,6-7,10,23H2,1-5H3,(H,30,33)(H,26,27,28)/t14-,15+/m0/s1. The van der Waals surface area contributed by atoms with Crippen molar-refractivity contribution < 1.29 is 14.3 Å². The van der Waals surface area contributed by atoms with Gasteiger partial charge in [0.2, 0.25) is 0 Å². The van der Waals surface area contributed by atoms with Gasteiger partial charge in [-0.1, -0.05) is 0 Å². The number of carbonyl (C=O) groups excluding carboxylic acids is 2. The maximum absolute atomic E-state index is 12.8. The Kier molecular flexibility index (Phi) is 6.52. The minimum atomic E-state index is -0.779. The highest BCUT2D eigenvalue weighted by Crippen LogP contribution is 2.29. The molecule has 0 saturated carbocycles. The number of amides is 2. The predicted molar refractivity (Wildman–Crippen MR) is 128 cm³/mol.